The van der Waals surface area contributed by atoms with E-state index in [1.165, 1.54) is 0 Å². The molecule has 2 aliphatic carbocycles. The summed E-state index contributed by atoms with van der Waals surface area (Å²) in [6.45, 7) is -0.340. The van der Waals surface area contributed by atoms with Gasteiger partial charge in [-0.3, -0.25) is 19.2 Å². The normalized spacial score (nSPS) is 16.3. The molecule has 4 amide bonds. The van der Waals surface area contributed by atoms with Crippen LogP contribution in [-0.2, 0) is 26.5 Å². The second-order valence-corrected chi connectivity index (χ2v) is 10.3. The quantitative estimate of drug-likeness (QED) is 0.264. The fourth-order valence-electron chi connectivity index (χ4n) is 4.98. The topological polar surface area (TPSA) is 116 Å². The van der Waals surface area contributed by atoms with E-state index >= 15 is 0 Å². The van der Waals surface area contributed by atoms with Crippen LogP contribution in [0.1, 0.15) is 47.2 Å². The third-order valence-electron chi connectivity index (χ3n) is 7.28. The van der Waals surface area contributed by atoms with Crippen LogP contribution in [0.15, 0.2) is 66.7 Å². The zero-order chi connectivity index (χ0) is 29.0. The highest BCUT2D eigenvalue weighted by Gasteiger charge is 2.47. The molecule has 0 aromatic heterocycles. The van der Waals surface area contributed by atoms with Crippen molar-refractivity contribution >= 4 is 34.4 Å². The predicted molar refractivity (Wildman–Crippen MR) is 148 cm³/mol. The van der Waals surface area contributed by atoms with Crippen molar-refractivity contribution in [3.05, 3.63) is 83.4 Å². The van der Waals surface area contributed by atoms with Gasteiger partial charge < -0.3 is 21.3 Å². The first kappa shape index (κ1) is 27.8. The number of hydrogen-bond acceptors (Lipinski definition) is 4. The highest BCUT2D eigenvalue weighted by Crippen LogP contribution is 2.48. The van der Waals surface area contributed by atoms with E-state index < -0.39 is 48.1 Å². The van der Waals surface area contributed by atoms with E-state index in [1.54, 1.807) is 24.3 Å². The maximum Gasteiger partial charge on any atom is 0.310 e. The summed E-state index contributed by atoms with van der Waals surface area (Å²) in [5.41, 5.74) is 1.53. The molecule has 0 heterocycles. The minimum atomic E-state index is -2.76. The zero-order valence-corrected chi connectivity index (χ0v) is 22.1. The Morgan fingerprint density at radius 1 is 0.854 bits per heavy atom. The number of nitrogens with one attached hydrogen (secondary N) is 4. The van der Waals surface area contributed by atoms with Crippen molar-refractivity contribution in [2.75, 3.05) is 6.54 Å². The van der Waals surface area contributed by atoms with Gasteiger partial charge in [0.25, 0.3) is 17.7 Å². The molecule has 2 saturated carbocycles. The molecule has 0 spiro atoms. The van der Waals surface area contributed by atoms with Gasteiger partial charge in [-0.2, -0.15) is 0 Å². The van der Waals surface area contributed by atoms with Crippen molar-refractivity contribution in [1.82, 2.24) is 21.3 Å². The van der Waals surface area contributed by atoms with Gasteiger partial charge in [0.05, 0.1) is 12.1 Å². The number of alkyl halides is 2. The molecular weight excluding hydrogens is 530 g/mol. The largest absolute Gasteiger partial charge is 0.344 e. The molecule has 0 atom stereocenters. The van der Waals surface area contributed by atoms with Gasteiger partial charge in [0.1, 0.15) is 0 Å². The summed E-state index contributed by atoms with van der Waals surface area (Å²) < 4.78 is 25.7. The minimum Gasteiger partial charge on any atom is -0.344 e. The lowest BCUT2D eigenvalue weighted by Crippen LogP contribution is -2.50. The summed E-state index contributed by atoms with van der Waals surface area (Å²) in [4.78, 5) is 49.5. The van der Waals surface area contributed by atoms with E-state index in [9.17, 15) is 28.0 Å². The summed E-state index contributed by atoms with van der Waals surface area (Å²) in [6.07, 6.45) is 0.778. The average molecular weight is 559 g/mol. The Balaban J connectivity index is 1.13. The number of carbonyl (C=O) groups is 4. The number of rotatable bonds is 7. The molecule has 0 aliphatic heterocycles. The summed E-state index contributed by atoms with van der Waals surface area (Å²) in [7, 11) is 0. The molecule has 0 bridgehead atoms. The van der Waals surface area contributed by atoms with Crippen LogP contribution in [0.2, 0.25) is 0 Å². The third-order valence-corrected chi connectivity index (χ3v) is 7.28. The highest BCUT2D eigenvalue weighted by molar-refractivity contribution is 6.35. The van der Waals surface area contributed by atoms with Crippen molar-refractivity contribution in [1.29, 1.82) is 0 Å². The third kappa shape index (κ3) is 6.52. The minimum absolute atomic E-state index is 0.0583. The summed E-state index contributed by atoms with van der Waals surface area (Å²) in [5, 5.41) is 12.5. The fourth-order valence-corrected chi connectivity index (χ4v) is 4.98. The first-order valence-electron chi connectivity index (χ1n) is 13.3. The van der Waals surface area contributed by atoms with Gasteiger partial charge in [-0.1, -0.05) is 66.6 Å². The SMILES string of the molecule is O=C(C#CCNC(=O)C(=O)NCc1ccccc1C(=O)NC1(c2cccc3ccccc23)CC1)NC1CC(F)(F)C1. The Hall–Kier alpha value is -4.78. The molecule has 5 rings (SSSR count). The standard InChI is InChI=1S/C31H28F2N4O4/c32-31(33)17-22(18-31)36-26(38)13-6-16-34-28(40)29(41)35-19-21-8-2-4-11-24(21)27(39)37-30(14-15-30)25-12-5-9-20-7-1-3-10-23(20)25/h1-5,7-12,22H,14-19H2,(H,34,40)(H,35,41)(H,36,38)(H,37,39). The Morgan fingerprint density at radius 2 is 1.54 bits per heavy atom. The second kappa shape index (κ2) is 11.4. The molecule has 0 saturated heterocycles. The lowest BCUT2D eigenvalue weighted by atomic mass is 9.88. The van der Waals surface area contributed by atoms with Crippen molar-refractivity contribution in [3.63, 3.8) is 0 Å². The lowest BCUT2D eigenvalue weighted by Gasteiger charge is -2.34. The van der Waals surface area contributed by atoms with Crippen LogP contribution in [0.3, 0.4) is 0 Å². The molecular formula is C31H28F2N4O4. The van der Waals surface area contributed by atoms with Crippen molar-refractivity contribution in [2.24, 2.45) is 0 Å². The van der Waals surface area contributed by atoms with Crippen LogP contribution in [0.25, 0.3) is 10.8 Å². The van der Waals surface area contributed by atoms with Gasteiger partial charge in [-0.25, -0.2) is 8.78 Å². The maximum atomic E-state index is 13.4. The molecule has 8 nitrogen and oxygen atoms in total. The number of amides is 4. The smallest absolute Gasteiger partial charge is 0.310 e. The van der Waals surface area contributed by atoms with Gasteiger partial charge in [-0.05, 0) is 46.7 Å². The van der Waals surface area contributed by atoms with Crippen LogP contribution >= 0.6 is 0 Å². The van der Waals surface area contributed by atoms with E-state index in [4.69, 9.17) is 0 Å². The summed E-state index contributed by atoms with van der Waals surface area (Å²) in [6, 6.07) is 20.3. The van der Waals surface area contributed by atoms with E-state index in [0.29, 0.717) is 11.1 Å². The van der Waals surface area contributed by atoms with Gasteiger partial charge >= 0.3 is 11.8 Å². The molecule has 41 heavy (non-hydrogen) atoms. The summed E-state index contributed by atoms with van der Waals surface area (Å²) >= 11 is 0. The van der Waals surface area contributed by atoms with E-state index in [1.807, 2.05) is 42.5 Å². The van der Waals surface area contributed by atoms with Gasteiger partial charge in [-0.15, -0.1) is 0 Å². The van der Waals surface area contributed by atoms with Crippen molar-refractivity contribution < 1.29 is 28.0 Å². The first-order valence-corrected chi connectivity index (χ1v) is 13.3. The summed E-state index contributed by atoms with van der Waals surface area (Å²) in [5.74, 6) is -1.09. The van der Waals surface area contributed by atoms with Crippen LogP contribution in [0, 0.1) is 11.8 Å². The zero-order valence-electron chi connectivity index (χ0n) is 22.1. The van der Waals surface area contributed by atoms with Crippen molar-refractivity contribution in [2.45, 2.75) is 49.7 Å². The van der Waals surface area contributed by atoms with Crippen LogP contribution in [-0.4, -0.2) is 42.1 Å². The molecule has 3 aromatic carbocycles. The predicted octanol–water partition coefficient (Wildman–Crippen LogP) is 2.91. The van der Waals surface area contributed by atoms with E-state index in [2.05, 4.69) is 33.1 Å². The van der Waals surface area contributed by atoms with Crippen LogP contribution in [0.5, 0.6) is 0 Å². The number of carbonyl (C=O) groups excluding carboxylic acids is 4. The Morgan fingerprint density at radius 3 is 2.29 bits per heavy atom. The Bertz CT molecular complexity index is 1580. The number of halogens is 2. The van der Waals surface area contributed by atoms with E-state index in [-0.39, 0.29) is 19.0 Å². The van der Waals surface area contributed by atoms with Gasteiger partial charge in [0, 0.05) is 31.0 Å². The van der Waals surface area contributed by atoms with Crippen molar-refractivity contribution in [3.8, 4) is 11.8 Å². The van der Waals surface area contributed by atoms with Crippen LogP contribution < -0.4 is 21.3 Å². The molecule has 4 N–H and O–H groups in total. The number of benzene rings is 3. The Kier molecular flexibility index (Phi) is 7.70. The molecule has 0 radical (unpaired) electrons. The number of hydrogen-bond donors (Lipinski definition) is 4. The molecule has 10 heteroatoms. The highest BCUT2D eigenvalue weighted by atomic mass is 19.3. The molecule has 2 aliphatic rings. The first-order chi connectivity index (χ1) is 19.7. The molecule has 3 aromatic rings. The average Bonchev–Trinajstić information content (AvgIpc) is 3.72. The second-order valence-electron chi connectivity index (χ2n) is 10.3. The van der Waals surface area contributed by atoms with Crippen LogP contribution in [0.4, 0.5) is 8.78 Å². The van der Waals surface area contributed by atoms with Gasteiger partial charge in [0.15, 0.2) is 0 Å². The Labute approximate surface area is 235 Å². The monoisotopic (exact) mass is 558 g/mol. The molecule has 0 unspecified atom stereocenters. The molecule has 210 valence electrons. The van der Waals surface area contributed by atoms with Gasteiger partial charge in [0.2, 0.25) is 0 Å². The number of fused-ring (bicyclic) bond motifs is 1. The van der Waals surface area contributed by atoms with E-state index in [0.717, 1.165) is 29.2 Å². The lowest BCUT2D eigenvalue weighted by molar-refractivity contribution is -0.139. The fraction of sp³-hybridized carbons (Fsp3) is 0.290. The molecule has 2 fully saturated rings. The maximum absolute atomic E-state index is 13.4.